The molecular formula is C17H16N4O3S. The van der Waals surface area contributed by atoms with Crippen LogP contribution in [0.2, 0.25) is 0 Å². The molecule has 0 bridgehead atoms. The van der Waals surface area contributed by atoms with E-state index in [1.54, 1.807) is 16.7 Å². The first-order valence-electron chi connectivity index (χ1n) is 7.44. The number of para-hydroxylation sites is 1. The molecule has 0 fully saturated rings. The summed E-state index contributed by atoms with van der Waals surface area (Å²) in [6.07, 6.45) is 2.85. The smallest absolute Gasteiger partial charge is 0.284 e. The van der Waals surface area contributed by atoms with Gasteiger partial charge < -0.3 is 0 Å². The van der Waals surface area contributed by atoms with Gasteiger partial charge in [0.25, 0.3) is 15.9 Å². The van der Waals surface area contributed by atoms with Crippen molar-refractivity contribution < 1.29 is 13.2 Å². The van der Waals surface area contributed by atoms with Gasteiger partial charge in [0.1, 0.15) is 5.69 Å². The number of imidazole rings is 1. The van der Waals surface area contributed by atoms with E-state index in [4.69, 9.17) is 0 Å². The molecule has 0 saturated heterocycles. The molecule has 25 heavy (non-hydrogen) atoms. The first-order valence-corrected chi connectivity index (χ1v) is 8.92. The Balaban J connectivity index is 1.76. The van der Waals surface area contributed by atoms with Crippen LogP contribution >= 0.6 is 0 Å². The number of benzene rings is 2. The third kappa shape index (κ3) is 3.76. The summed E-state index contributed by atoms with van der Waals surface area (Å²) < 4.78 is 26.0. The molecule has 3 aromatic rings. The molecule has 2 N–H and O–H groups in total. The third-order valence-electron chi connectivity index (χ3n) is 3.54. The lowest BCUT2D eigenvalue weighted by molar-refractivity contribution is 0.0938. The van der Waals surface area contributed by atoms with Gasteiger partial charge in [-0.05, 0) is 31.2 Å². The highest BCUT2D eigenvalue weighted by atomic mass is 32.2. The predicted molar refractivity (Wildman–Crippen MR) is 92.5 cm³/mol. The monoisotopic (exact) mass is 356 g/mol. The molecule has 0 saturated carbocycles. The first kappa shape index (κ1) is 16.9. The molecule has 0 spiro atoms. The molecule has 0 radical (unpaired) electrons. The zero-order valence-electron chi connectivity index (χ0n) is 13.4. The first-order chi connectivity index (χ1) is 12.0. The van der Waals surface area contributed by atoms with Crippen molar-refractivity contribution in [2.75, 3.05) is 0 Å². The number of hydrazine groups is 1. The highest BCUT2D eigenvalue weighted by molar-refractivity contribution is 7.89. The Bertz CT molecular complexity index is 980. The fourth-order valence-corrected chi connectivity index (χ4v) is 3.05. The largest absolute Gasteiger partial charge is 0.295 e. The van der Waals surface area contributed by atoms with Crippen LogP contribution in [-0.2, 0) is 10.0 Å². The molecular weight excluding hydrogens is 340 g/mol. The van der Waals surface area contributed by atoms with Gasteiger partial charge in [-0.1, -0.05) is 35.9 Å². The summed E-state index contributed by atoms with van der Waals surface area (Å²) in [5, 5.41) is 0. The standard InChI is InChI=1S/C17H16N4O3S/c1-13-7-9-15(10-8-13)25(23,24)20-19-17(22)16-11-18-12-21(16)14-5-3-2-4-6-14/h2-12,20H,1H3,(H,19,22). The predicted octanol–water partition coefficient (Wildman–Crippen LogP) is 1.80. The van der Waals surface area contributed by atoms with Crippen molar-refractivity contribution in [3.05, 3.63) is 78.4 Å². The number of nitrogens with zero attached hydrogens (tertiary/aromatic N) is 2. The minimum absolute atomic E-state index is 0.0648. The highest BCUT2D eigenvalue weighted by Gasteiger charge is 2.18. The van der Waals surface area contributed by atoms with E-state index in [-0.39, 0.29) is 10.6 Å². The molecule has 3 rings (SSSR count). The second-order valence-corrected chi connectivity index (χ2v) is 7.04. The van der Waals surface area contributed by atoms with Gasteiger partial charge in [0, 0.05) is 5.69 Å². The maximum absolute atomic E-state index is 12.3. The van der Waals surface area contributed by atoms with Crippen molar-refractivity contribution in [1.29, 1.82) is 0 Å². The molecule has 0 aliphatic rings. The van der Waals surface area contributed by atoms with Crippen molar-refractivity contribution in [3.63, 3.8) is 0 Å². The molecule has 7 nitrogen and oxygen atoms in total. The Morgan fingerprint density at radius 3 is 2.40 bits per heavy atom. The van der Waals surface area contributed by atoms with Crippen LogP contribution in [0.15, 0.2) is 72.0 Å². The van der Waals surface area contributed by atoms with Crippen molar-refractivity contribution >= 4 is 15.9 Å². The van der Waals surface area contributed by atoms with Crippen molar-refractivity contribution in [1.82, 2.24) is 19.8 Å². The van der Waals surface area contributed by atoms with Crippen molar-refractivity contribution in [2.24, 2.45) is 0 Å². The Labute approximate surface area is 145 Å². The minimum Gasteiger partial charge on any atom is -0.295 e. The fraction of sp³-hybridized carbons (Fsp3) is 0.0588. The molecule has 128 valence electrons. The number of aryl methyl sites for hydroxylation is 1. The van der Waals surface area contributed by atoms with Crippen LogP contribution in [-0.4, -0.2) is 23.9 Å². The molecule has 0 aliphatic heterocycles. The van der Waals surface area contributed by atoms with Gasteiger partial charge in [-0.25, -0.2) is 13.4 Å². The summed E-state index contributed by atoms with van der Waals surface area (Å²) in [7, 11) is -3.85. The van der Waals surface area contributed by atoms with Crippen LogP contribution in [0, 0.1) is 6.92 Å². The molecule has 2 aromatic carbocycles. The van der Waals surface area contributed by atoms with E-state index in [1.165, 1.54) is 24.7 Å². The van der Waals surface area contributed by atoms with Crippen LogP contribution in [0.5, 0.6) is 0 Å². The normalized spacial score (nSPS) is 11.2. The SMILES string of the molecule is Cc1ccc(S(=O)(=O)NNC(=O)c2cncn2-c2ccccc2)cc1. The molecule has 0 atom stereocenters. The summed E-state index contributed by atoms with van der Waals surface area (Å²) in [6.45, 7) is 1.86. The topological polar surface area (TPSA) is 93.1 Å². The van der Waals surface area contributed by atoms with Gasteiger partial charge in [-0.3, -0.25) is 14.8 Å². The van der Waals surface area contributed by atoms with E-state index in [2.05, 4.69) is 15.2 Å². The van der Waals surface area contributed by atoms with Crippen LogP contribution in [0.4, 0.5) is 0 Å². The van der Waals surface area contributed by atoms with Crippen LogP contribution in [0.25, 0.3) is 5.69 Å². The lowest BCUT2D eigenvalue weighted by Crippen LogP contribution is -2.42. The molecule has 8 heteroatoms. The number of aromatic nitrogens is 2. The lowest BCUT2D eigenvalue weighted by atomic mass is 10.2. The molecule has 0 unspecified atom stereocenters. The van der Waals surface area contributed by atoms with Gasteiger partial charge in [0.2, 0.25) is 0 Å². The van der Waals surface area contributed by atoms with E-state index in [1.807, 2.05) is 37.3 Å². The summed E-state index contributed by atoms with van der Waals surface area (Å²) in [6, 6.07) is 15.5. The van der Waals surface area contributed by atoms with Gasteiger partial charge in [-0.2, -0.15) is 0 Å². The van der Waals surface area contributed by atoms with E-state index < -0.39 is 15.9 Å². The quantitative estimate of drug-likeness (QED) is 0.682. The Morgan fingerprint density at radius 2 is 1.72 bits per heavy atom. The molecule has 1 amide bonds. The summed E-state index contributed by atoms with van der Waals surface area (Å²) in [4.78, 5) is 18.4. The van der Waals surface area contributed by atoms with Gasteiger partial charge in [0.05, 0.1) is 17.4 Å². The fourth-order valence-electron chi connectivity index (χ4n) is 2.21. The maximum Gasteiger partial charge on any atom is 0.284 e. The number of rotatable bonds is 5. The van der Waals surface area contributed by atoms with Crippen molar-refractivity contribution in [2.45, 2.75) is 11.8 Å². The van der Waals surface area contributed by atoms with Gasteiger partial charge in [-0.15, -0.1) is 4.83 Å². The van der Waals surface area contributed by atoms with Gasteiger partial charge >= 0.3 is 0 Å². The second-order valence-electron chi connectivity index (χ2n) is 5.36. The summed E-state index contributed by atoms with van der Waals surface area (Å²) in [5.41, 5.74) is 4.10. The van der Waals surface area contributed by atoms with Crippen LogP contribution in [0.3, 0.4) is 0 Å². The Kier molecular flexibility index (Phi) is 4.64. The van der Waals surface area contributed by atoms with E-state index in [0.717, 1.165) is 11.3 Å². The number of carbonyl (C=O) groups excluding carboxylic acids is 1. The average Bonchev–Trinajstić information content (AvgIpc) is 3.11. The molecule has 1 heterocycles. The average molecular weight is 356 g/mol. The van der Waals surface area contributed by atoms with E-state index in [9.17, 15) is 13.2 Å². The van der Waals surface area contributed by atoms with E-state index >= 15 is 0 Å². The number of hydrogen-bond donors (Lipinski definition) is 2. The number of sulfonamides is 1. The van der Waals surface area contributed by atoms with Crippen molar-refractivity contribution in [3.8, 4) is 5.69 Å². The van der Waals surface area contributed by atoms with Crippen LogP contribution in [0.1, 0.15) is 16.1 Å². The summed E-state index contributed by atoms with van der Waals surface area (Å²) >= 11 is 0. The van der Waals surface area contributed by atoms with Gasteiger partial charge in [0.15, 0.2) is 0 Å². The number of hydrogen-bond acceptors (Lipinski definition) is 4. The zero-order chi connectivity index (χ0) is 17.9. The summed E-state index contributed by atoms with van der Waals surface area (Å²) in [5.74, 6) is -0.614. The van der Waals surface area contributed by atoms with E-state index in [0.29, 0.717) is 0 Å². The number of amides is 1. The minimum atomic E-state index is -3.85. The highest BCUT2D eigenvalue weighted by Crippen LogP contribution is 2.11. The molecule has 0 aliphatic carbocycles. The zero-order valence-corrected chi connectivity index (χ0v) is 14.2. The third-order valence-corrected chi connectivity index (χ3v) is 4.80. The van der Waals surface area contributed by atoms with Crippen LogP contribution < -0.4 is 10.3 Å². The second kappa shape index (κ2) is 6.88. The number of nitrogens with one attached hydrogen (secondary N) is 2. The molecule has 1 aromatic heterocycles. The maximum atomic E-state index is 12.3. The lowest BCUT2D eigenvalue weighted by Gasteiger charge is -2.10. The Hall–Kier alpha value is -2.97. The number of carbonyl (C=O) groups is 1. The Morgan fingerprint density at radius 1 is 1.04 bits per heavy atom.